The summed E-state index contributed by atoms with van der Waals surface area (Å²) in [5, 5.41) is 4.32. The van der Waals surface area contributed by atoms with Gasteiger partial charge in [0.05, 0.1) is 22.6 Å². The summed E-state index contributed by atoms with van der Waals surface area (Å²) in [7, 11) is 0. The first-order valence-corrected chi connectivity index (χ1v) is 4.77. The highest BCUT2D eigenvalue weighted by Crippen LogP contribution is 2.33. The smallest absolute Gasteiger partial charge is 0.0800 e. The highest BCUT2D eigenvalue weighted by atomic mass is 15.0. The molecule has 1 aromatic heterocycles. The summed E-state index contributed by atoms with van der Waals surface area (Å²) < 4.78 is 0. The molecule has 0 bridgehead atoms. The quantitative estimate of drug-likeness (QED) is 0.657. The van der Waals surface area contributed by atoms with Crippen molar-refractivity contribution in [2.24, 2.45) is 0 Å². The Bertz CT molecular complexity index is 505. The van der Waals surface area contributed by atoms with Crippen LogP contribution in [-0.4, -0.2) is 11.5 Å². The van der Waals surface area contributed by atoms with Gasteiger partial charge in [0.15, 0.2) is 0 Å². The molecule has 1 aliphatic rings. The Morgan fingerprint density at radius 1 is 1.29 bits per heavy atom. The van der Waals surface area contributed by atoms with Crippen molar-refractivity contribution in [3.8, 4) is 0 Å². The van der Waals surface area contributed by atoms with Gasteiger partial charge in [-0.25, -0.2) is 0 Å². The maximum Gasteiger partial charge on any atom is 0.0800 e. The van der Waals surface area contributed by atoms with Gasteiger partial charge < -0.3 is 11.1 Å². The van der Waals surface area contributed by atoms with E-state index in [1.165, 1.54) is 0 Å². The molecular formula is C11H11N3. The molecular weight excluding hydrogens is 174 g/mol. The van der Waals surface area contributed by atoms with Crippen LogP contribution in [0.1, 0.15) is 5.69 Å². The largest absolute Gasteiger partial charge is 0.396 e. The zero-order chi connectivity index (χ0) is 9.54. The van der Waals surface area contributed by atoms with Crippen molar-refractivity contribution in [1.29, 1.82) is 0 Å². The van der Waals surface area contributed by atoms with Crippen molar-refractivity contribution in [3.05, 3.63) is 30.0 Å². The topological polar surface area (TPSA) is 50.9 Å². The summed E-state index contributed by atoms with van der Waals surface area (Å²) in [5.74, 6) is 0. The highest BCUT2D eigenvalue weighted by molar-refractivity contribution is 5.97. The number of anilines is 2. The van der Waals surface area contributed by atoms with E-state index in [9.17, 15) is 0 Å². The van der Waals surface area contributed by atoms with Gasteiger partial charge in [-0.15, -0.1) is 0 Å². The molecule has 2 aromatic rings. The third-order valence-corrected chi connectivity index (χ3v) is 2.67. The Hall–Kier alpha value is -1.77. The van der Waals surface area contributed by atoms with E-state index in [2.05, 4.69) is 10.3 Å². The second kappa shape index (κ2) is 2.61. The number of fused-ring (bicyclic) bond motifs is 2. The lowest BCUT2D eigenvalue weighted by molar-refractivity contribution is 1.06. The van der Waals surface area contributed by atoms with Crippen LogP contribution < -0.4 is 11.1 Å². The Balaban J connectivity index is 2.44. The van der Waals surface area contributed by atoms with Crippen molar-refractivity contribution < 1.29 is 0 Å². The van der Waals surface area contributed by atoms with Crippen LogP contribution >= 0.6 is 0 Å². The van der Waals surface area contributed by atoms with Gasteiger partial charge in [0.2, 0.25) is 0 Å². The average Bonchev–Trinajstić information content (AvgIpc) is 2.66. The summed E-state index contributed by atoms with van der Waals surface area (Å²) in [6, 6.07) is 7.99. The Kier molecular flexibility index (Phi) is 1.42. The molecule has 3 nitrogen and oxygen atoms in total. The van der Waals surface area contributed by atoms with Gasteiger partial charge in [-0.2, -0.15) is 0 Å². The van der Waals surface area contributed by atoms with Crippen LogP contribution in [0.15, 0.2) is 24.3 Å². The number of nitrogens with one attached hydrogen (secondary N) is 1. The van der Waals surface area contributed by atoms with Crippen LogP contribution in [-0.2, 0) is 6.42 Å². The van der Waals surface area contributed by atoms with E-state index in [1.807, 2.05) is 24.3 Å². The molecule has 0 aliphatic carbocycles. The monoisotopic (exact) mass is 185 g/mol. The number of rotatable bonds is 0. The molecule has 3 rings (SSSR count). The number of nitrogens with zero attached hydrogens (tertiary/aromatic N) is 1. The SMILES string of the molecule is Nc1c2c(nc3ccccc13)CCN2. The molecule has 1 aromatic carbocycles. The van der Waals surface area contributed by atoms with E-state index in [0.717, 1.165) is 40.9 Å². The second-order valence-corrected chi connectivity index (χ2v) is 3.54. The van der Waals surface area contributed by atoms with Crippen molar-refractivity contribution >= 4 is 22.3 Å². The lowest BCUT2D eigenvalue weighted by Gasteiger charge is -2.07. The molecule has 2 heterocycles. The number of hydrogen-bond acceptors (Lipinski definition) is 3. The first-order valence-electron chi connectivity index (χ1n) is 4.77. The molecule has 0 atom stereocenters. The molecule has 0 amide bonds. The van der Waals surface area contributed by atoms with Crippen LogP contribution in [0.3, 0.4) is 0 Å². The normalized spacial score (nSPS) is 14.0. The first kappa shape index (κ1) is 7.62. The van der Waals surface area contributed by atoms with Gasteiger partial charge in [-0.1, -0.05) is 18.2 Å². The van der Waals surface area contributed by atoms with Crippen molar-refractivity contribution in [2.75, 3.05) is 17.6 Å². The molecule has 70 valence electrons. The molecule has 3 N–H and O–H groups in total. The fourth-order valence-electron chi connectivity index (χ4n) is 1.97. The van der Waals surface area contributed by atoms with Crippen LogP contribution in [0.25, 0.3) is 10.9 Å². The van der Waals surface area contributed by atoms with Crippen LogP contribution in [0.2, 0.25) is 0 Å². The predicted molar refractivity (Wildman–Crippen MR) is 58.3 cm³/mol. The number of benzene rings is 1. The minimum atomic E-state index is 0.836. The van der Waals surface area contributed by atoms with Crippen LogP contribution in [0.4, 0.5) is 11.4 Å². The number of para-hydroxylation sites is 1. The standard InChI is InChI=1S/C11H11N3/c12-10-7-3-1-2-4-8(7)14-9-5-6-13-11(9)10/h1-4,13H,5-6H2,(H2,12,14). The molecule has 0 saturated carbocycles. The van der Waals surface area contributed by atoms with Gasteiger partial charge in [-0.3, -0.25) is 4.98 Å². The van der Waals surface area contributed by atoms with E-state index < -0.39 is 0 Å². The van der Waals surface area contributed by atoms with E-state index in [4.69, 9.17) is 5.73 Å². The minimum absolute atomic E-state index is 0.836. The molecule has 0 saturated heterocycles. The summed E-state index contributed by atoms with van der Waals surface area (Å²) in [4.78, 5) is 4.57. The van der Waals surface area contributed by atoms with Crippen molar-refractivity contribution in [2.45, 2.75) is 6.42 Å². The second-order valence-electron chi connectivity index (χ2n) is 3.54. The van der Waals surface area contributed by atoms with E-state index in [0.29, 0.717) is 0 Å². The number of pyridine rings is 1. The van der Waals surface area contributed by atoms with Gasteiger partial charge >= 0.3 is 0 Å². The van der Waals surface area contributed by atoms with Gasteiger partial charge in [0.1, 0.15) is 0 Å². The minimum Gasteiger partial charge on any atom is -0.396 e. The summed E-state index contributed by atoms with van der Waals surface area (Å²) in [6.45, 7) is 0.947. The predicted octanol–water partition coefficient (Wildman–Crippen LogP) is 1.78. The fraction of sp³-hybridized carbons (Fsp3) is 0.182. The van der Waals surface area contributed by atoms with Crippen molar-refractivity contribution in [1.82, 2.24) is 4.98 Å². The maximum absolute atomic E-state index is 6.07. The van der Waals surface area contributed by atoms with Crippen LogP contribution in [0.5, 0.6) is 0 Å². The van der Waals surface area contributed by atoms with E-state index in [1.54, 1.807) is 0 Å². The van der Waals surface area contributed by atoms with E-state index >= 15 is 0 Å². The summed E-state index contributed by atoms with van der Waals surface area (Å²) in [5.41, 5.74) is 10.0. The third-order valence-electron chi connectivity index (χ3n) is 2.67. The molecule has 0 unspecified atom stereocenters. The lowest BCUT2D eigenvalue weighted by atomic mass is 10.1. The molecule has 0 spiro atoms. The maximum atomic E-state index is 6.07. The molecule has 0 fully saturated rings. The Morgan fingerprint density at radius 2 is 2.14 bits per heavy atom. The van der Waals surface area contributed by atoms with Crippen molar-refractivity contribution in [3.63, 3.8) is 0 Å². The highest BCUT2D eigenvalue weighted by Gasteiger charge is 2.16. The zero-order valence-electron chi connectivity index (χ0n) is 7.75. The van der Waals surface area contributed by atoms with Gasteiger partial charge in [0, 0.05) is 18.4 Å². The average molecular weight is 185 g/mol. The number of hydrogen-bond donors (Lipinski definition) is 2. The summed E-state index contributed by atoms with van der Waals surface area (Å²) >= 11 is 0. The summed E-state index contributed by atoms with van der Waals surface area (Å²) in [6.07, 6.45) is 0.977. The van der Waals surface area contributed by atoms with Crippen LogP contribution in [0, 0.1) is 0 Å². The Labute approximate surface area is 81.9 Å². The molecule has 1 aliphatic heterocycles. The van der Waals surface area contributed by atoms with E-state index in [-0.39, 0.29) is 0 Å². The van der Waals surface area contributed by atoms with Gasteiger partial charge in [-0.05, 0) is 6.07 Å². The molecule has 0 radical (unpaired) electrons. The first-order chi connectivity index (χ1) is 6.86. The van der Waals surface area contributed by atoms with Gasteiger partial charge in [0.25, 0.3) is 0 Å². The Morgan fingerprint density at radius 3 is 3.07 bits per heavy atom. The lowest BCUT2D eigenvalue weighted by Crippen LogP contribution is -1.97. The number of nitrogen functional groups attached to an aromatic ring is 1. The zero-order valence-corrected chi connectivity index (χ0v) is 7.75. The molecule has 3 heteroatoms. The fourth-order valence-corrected chi connectivity index (χ4v) is 1.97. The number of aromatic nitrogens is 1. The molecule has 14 heavy (non-hydrogen) atoms. The third kappa shape index (κ3) is 0.894. The number of nitrogens with two attached hydrogens (primary N) is 1.